The lowest BCUT2D eigenvalue weighted by molar-refractivity contribution is -0.145. The first kappa shape index (κ1) is 18.3. The number of rotatable bonds is 3. The molecule has 2 saturated heterocycles. The van der Waals surface area contributed by atoms with Crippen LogP contribution in [0.5, 0.6) is 0 Å². The van der Waals surface area contributed by atoms with Crippen LogP contribution < -0.4 is 0 Å². The third kappa shape index (κ3) is 3.57. The third-order valence-corrected chi connectivity index (χ3v) is 7.00. The van der Waals surface area contributed by atoms with E-state index in [0.717, 1.165) is 37.9 Å². The number of carbonyl (C=O) groups excluding carboxylic acids is 2. The van der Waals surface area contributed by atoms with E-state index in [9.17, 15) is 9.59 Å². The highest BCUT2D eigenvalue weighted by Crippen LogP contribution is 2.31. The third-order valence-electron chi connectivity index (χ3n) is 5.96. The van der Waals surface area contributed by atoms with Crippen LogP contribution in [0, 0.1) is 5.92 Å². The smallest absolute Gasteiger partial charge is 0.246 e. The van der Waals surface area contributed by atoms with Gasteiger partial charge in [-0.05, 0) is 43.2 Å². The molecule has 0 saturated carbocycles. The van der Waals surface area contributed by atoms with Crippen molar-refractivity contribution in [3.05, 3.63) is 35.4 Å². The summed E-state index contributed by atoms with van der Waals surface area (Å²) in [6, 6.07) is 7.78. The summed E-state index contributed by atoms with van der Waals surface area (Å²) in [6.07, 6.45) is 5.55. The number of hydrogen-bond acceptors (Lipinski definition) is 5. The minimum Gasteiger partial charge on any atom is -0.411 e. The van der Waals surface area contributed by atoms with Crippen LogP contribution in [-0.4, -0.2) is 63.3 Å². The maximum Gasteiger partial charge on any atom is 0.246 e. The van der Waals surface area contributed by atoms with E-state index in [4.69, 9.17) is 5.21 Å². The van der Waals surface area contributed by atoms with Crippen molar-refractivity contribution in [1.82, 2.24) is 9.80 Å². The van der Waals surface area contributed by atoms with Gasteiger partial charge in [-0.3, -0.25) is 9.59 Å². The number of hydrogen-bond donors (Lipinski definition) is 1. The Balaban J connectivity index is 1.47. The molecule has 3 aliphatic rings. The molecule has 2 heterocycles. The molecule has 0 aromatic heterocycles. The number of fused-ring (bicyclic) bond motifs is 1. The zero-order valence-electron chi connectivity index (χ0n) is 15.3. The number of benzene rings is 1. The van der Waals surface area contributed by atoms with Crippen LogP contribution in [0.2, 0.25) is 0 Å². The Morgan fingerprint density at radius 1 is 1.15 bits per heavy atom. The van der Waals surface area contributed by atoms with E-state index < -0.39 is 0 Å². The monoisotopic (exact) mass is 387 g/mol. The Kier molecular flexibility index (Phi) is 5.38. The number of likely N-dealkylation sites (tertiary alicyclic amines) is 1. The van der Waals surface area contributed by atoms with Crippen LogP contribution in [0.25, 0.3) is 0 Å². The van der Waals surface area contributed by atoms with Crippen LogP contribution >= 0.6 is 11.8 Å². The normalized spacial score (nSPS) is 27.9. The molecular formula is C20H25N3O3S. The van der Waals surface area contributed by atoms with Crippen LogP contribution in [0.3, 0.4) is 0 Å². The van der Waals surface area contributed by atoms with E-state index in [2.05, 4.69) is 23.4 Å². The van der Waals surface area contributed by atoms with Gasteiger partial charge in [-0.2, -0.15) is 0 Å². The van der Waals surface area contributed by atoms with Crippen LogP contribution in [0.4, 0.5) is 0 Å². The molecular weight excluding hydrogens is 362 g/mol. The highest BCUT2D eigenvalue weighted by molar-refractivity contribution is 7.99. The van der Waals surface area contributed by atoms with Gasteiger partial charge in [0.15, 0.2) is 0 Å². The molecule has 144 valence electrons. The summed E-state index contributed by atoms with van der Waals surface area (Å²) >= 11 is 1.65. The van der Waals surface area contributed by atoms with Crippen molar-refractivity contribution in [3.63, 3.8) is 0 Å². The number of aryl methyl sites for hydroxylation is 1. The molecule has 0 radical (unpaired) electrons. The van der Waals surface area contributed by atoms with Crippen molar-refractivity contribution in [1.29, 1.82) is 0 Å². The molecule has 1 aromatic rings. The van der Waals surface area contributed by atoms with Crippen molar-refractivity contribution in [2.75, 3.05) is 18.2 Å². The average Bonchev–Trinajstić information content (AvgIpc) is 3.36. The largest absolute Gasteiger partial charge is 0.411 e. The molecule has 6 nitrogen and oxygen atoms in total. The van der Waals surface area contributed by atoms with Gasteiger partial charge in [0.2, 0.25) is 11.8 Å². The van der Waals surface area contributed by atoms with Crippen LogP contribution in [0.1, 0.15) is 30.4 Å². The maximum absolute atomic E-state index is 13.2. The van der Waals surface area contributed by atoms with Gasteiger partial charge in [0, 0.05) is 18.2 Å². The van der Waals surface area contributed by atoms with Gasteiger partial charge in [0.25, 0.3) is 0 Å². The molecule has 2 fully saturated rings. The molecule has 1 aliphatic carbocycles. The Morgan fingerprint density at radius 3 is 2.78 bits per heavy atom. The molecule has 2 amide bonds. The Labute approximate surface area is 163 Å². The molecule has 1 N–H and O–H groups in total. The molecule has 1 aromatic carbocycles. The molecule has 3 atom stereocenters. The Morgan fingerprint density at radius 2 is 1.96 bits per heavy atom. The van der Waals surface area contributed by atoms with Crippen molar-refractivity contribution in [3.8, 4) is 0 Å². The van der Waals surface area contributed by atoms with Crippen molar-refractivity contribution < 1.29 is 14.8 Å². The lowest BCUT2D eigenvalue weighted by atomic mass is 9.83. The van der Waals surface area contributed by atoms with Crippen molar-refractivity contribution in [2.45, 2.75) is 44.2 Å². The zero-order chi connectivity index (χ0) is 18.8. The van der Waals surface area contributed by atoms with E-state index in [1.54, 1.807) is 16.7 Å². The van der Waals surface area contributed by atoms with Gasteiger partial charge in [0.05, 0.1) is 18.1 Å². The van der Waals surface area contributed by atoms with Gasteiger partial charge in [0.1, 0.15) is 6.04 Å². The second kappa shape index (κ2) is 7.92. The fraction of sp³-hybridized carbons (Fsp3) is 0.550. The van der Waals surface area contributed by atoms with Crippen molar-refractivity contribution >= 4 is 29.8 Å². The lowest BCUT2D eigenvalue weighted by Crippen LogP contribution is -2.51. The fourth-order valence-corrected chi connectivity index (χ4v) is 5.64. The predicted molar refractivity (Wildman–Crippen MR) is 105 cm³/mol. The van der Waals surface area contributed by atoms with Crippen LogP contribution in [-0.2, 0) is 22.4 Å². The molecule has 4 rings (SSSR count). The quantitative estimate of drug-likeness (QED) is 0.490. The summed E-state index contributed by atoms with van der Waals surface area (Å²) < 4.78 is 0. The minimum absolute atomic E-state index is 0.00744. The van der Waals surface area contributed by atoms with Crippen LogP contribution in [0.15, 0.2) is 29.4 Å². The number of carbonyl (C=O) groups is 2. The van der Waals surface area contributed by atoms with E-state index in [1.165, 1.54) is 17.3 Å². The molecule has 0 spiro atoms. The summed E-state index contributed by atoms with van der Waals surface area (Å²) in [5, 5.41) is 12.0. The minimum atomic E-state index is -0.372. The lowest BCUT2D eigenvalue weighted by Gasteiger charge is -2.33. The van der Waals surface area contributed by atoms with Gasteiger partial charge in [-0.25, -0.2) is 0 Å². The zero-order valence-corrected chi connectivity index (χ0v) is 16.1. The number of thioether (sulfide) groups is 1. The first-order chi connectivity index (χ1) is 13.2. The highest BCUT2D eigenvalue weighted by atomic mass is 32.2. The predicted octanol–water partition coefficient (Wildman–Crippen LogP) is 2.14. The van der Waals surface area contributed by atoms with Gasteiger partial charge >= 0.3 is 0 Å². The fourth-order valence-electron chi connectivity index (χ4n) is 4.51. The molecule has 0 bridgehead atoms. The van der Waals surface area contributed by atoms with E-state index >= 15 is 0 Å². The SMILES string of the molecule is O=C([C@@H]1CCCN1C(=O)[C@H]1CCc2ccccc2C1)N1CSC[C@H]1C=NO. The number of amides is 2. The van der Waals surface area contributed by atoms with Crippen molar-refractivity contribution in [2.24, 2.45) is 11.1 Å². The second-order valence-electron chi connectivity index (χ2n) is 7.54. The summed E-state index contributed by atoms with van der Waals surface area (Å²) in [7, 11) is 0. The Hall–Kier alpha value is -2.02. The Bertz CT molecular complexity index is 754. The first-order valence-corrected chi connectivity index (χ1v) is 10.8. The molecule has 27 heavy (non-hydrogen) atoms. The highest BCUT2D eigenvalue weighted by Gasteiger charge is 2.41. The summed E-state index contributed by atoms with van der Waals surface area (Å²) in [5.41, 5.74) is 2.61. The first-order valence-electron chi connectivity index (χ1n) is 9.62. The average molecular weight is 388 g/mol. The number of oxime groups is 1. The number of nitrogens with zero attached hydrogens (tertiary/aromatic N) is 3. The van der Waals surface area contributed by atoms with Gasteiger partial charge in [-0.15, -0.1) is 11.8 Å². The van der Waals surface area contributed by atoms with E-state index in [1.807, 2.05) is 11.0 Å². The van der Waals surface area contributed by atoms with Gasteiger partial charge in [-0.1, -0.05) is 29.4 Å². The second-order valence-corrected chi connectivity index (χ2v) is 8.54. The van der Waals surface area contributed by atoms with E-state index in [0.29, 0.717) is 12.4 Å². The molecule has 7 heteroatoms. The van der Waals surface area contributed by atoms with E-state index in [-0.39, 0.29) is 29.8 Å². The topological polar surface area (TPSA) is 73.2 Å². The summed E-state index contributed by atoms with van der Waals surface area (Å²) in [5.74, 6) is 1.41. The molecule has 2 aliphatic heterocycles. The summed E-state index contributed by atoms with van der Waals surface area (Å²) in [4.78, 5) is 29.9. The maximum atomic E-state index is 13.2. The molecule has 0 unspecified atom stereocenters. The standard InChI is InChI=1S/C20H25N3O3S/c24-19(16-8-7-14-4-1-2-5-15(14)10-16)22-9-3-6-18(22)20(25)23-13-27-12-17(23)11-21-26/h1-2,4-5,11,16-18,26H,3,6-10,12-13H2/t16-,17+,18-/m0/s1. The summed E-state index contributed by atoms with van der Waals surface area (Å²) in [6.45, 7) is 0.660. The van der Waals surface area contributed by atoms with Gasteiger partial charge < -0.3 is 15.0 Å².